The number of carbonyl (C=O) groups is 2. The van der Waals surface area contributed by atoms with Gasteiger partial charge in [-0.25, -0.2) is 9.50 Å². The van der Waals surface area contributed by atoms with Crippen LogP contribution in [0.4, 0.5) is 11.4 Å². The zero-order valence-electron chi connectivity index (χ0n) is 18.6. The van der Waals surface area contributed by atoms with Crippen LogP contribution in [-0.4, -0.2) is 37.9 Å². The van der Waals surface area contributed by atoms with Gasteiger partial charge in [-0.05, 0) is 68.1 Å². The molecule has 2 amide bonds. The highest BCUT2D eigenvalue weighted by Gasteiger charge is 2.25. The molecule has 3 heterocycles. The number of fused-ring (bicyclic) bond motifs is 2. The van der Waals surface area contributed by atoms with E-state index in [-0.39, 0.29) is 11.8 Å². The predicted octanol–water partition coefficient (Wildman–Crippen LogP) is 3.52. The Morgan fingerprint density at radius 1 is 1.06 bits per heavy atom. The van der Waals surface area contributed by atoms with Crippen LogP contribution in [0.15, 0.2) is 54.9 Å². The number of carbonyl (C=O) groups excluding carboxylic acids is 2. The van der Waals surface area contributed by atoms with Crippen LogP contribution in [-0.2, 0) is 17.6 Å². The first-order valence-electron chi connectivity index (χ1n) is 11.0. The maximum Gasteiger partial charge on any atom is 0.258 e. The van der Waals surface area contributed by atoms with Crippen LogP contribution in [0.1, 0.15) is 39.3 Å². The van der Waals surface area contributed by atoms with E-state index in [0.29, 0.717) is 36.4 Å². The number of anilines is 2. The summed E-state index contributed by atoms with van der Waals surface area (Å²) in [4.78, 5) is 35.9. The van der Waals surface area contributed by atoms with E-state index >= 15 is 0 Å². The van der Waals surface area contributed by atoms with Crippen LogP contribution < -0.4 is 10.2 Å². The Balaban J connectivity index is 1.22. The second-order valence-electron chi connectivity index (χ2n) is 8.19. The summed E-state index contributed by atoms with van der Waals surface area (Å²) < 4.78 is 1.69. The van der Waals surface area contributed by atoms with Crippen molar-refractivity contribution < 1.29 is 9.59 Å². The highest BCUT2D eigenvalue weighted by molar-refractivity contribution is 6.07. The Bertz CT molecular complexity index is 1360. The molecule has 5 rings (SSSR count). The average Bonchev–Trinajstić information content (AvgIpc) is 3.46. The summed E-state index contributed by atoms with van der Waals surface area (Å²) >= 11 is 0. The van der Waals surface area contributed by atoms with Gasteiger partial charge in [0.05, 0.1) is 0 Å². The molecule has 2 aromatic heterocycles. The lowest BCUT2D eigenvalue weighted by Crippen LogP contribution is -2.28. The van der Waals surface area contributed by atoms with Gasteiger partial charge in [0.15, 0.2) is 0 Å². The minimum absolute atomic E-state index is 0.0280. The minimum atomic E-state index is -0.0972. The summed E-state index contributed by atoms with van der Waals surface area (Å²) in [6.45, 7) is 4.56. The zero-order valence-corrected chi connectivity index (χ0v) is 18.6. The molecule has 0 fully saturated rings. The van der Waals surface area contributed by atoms with Gasteiger partial charge in [-0.3, -0.25) is 9.59 Å². The number of hydrogen-bond acceptors (Lipinski definition) is 5. The van der Waals surface area contributed by atoms with Gasteiger partial charge in [0.2, 0.25) is 5.91 Å². The monoisotopic (exact) mass is 440 g/mol. The fraction of sp³-hybridized carbons (Fsp3) is 0.240. The molecule has 1 aliphatic rings. The van der Waals surface area contributed by atoms with E-state index in [1.807, 2.05) is 36.9 Å². The summed E-state index contributed by atoms with van der Waals surface area (Å²) in [5.41, 5.74) is 6.22. The second kappa shape index (κ2) is 8.46. The van der Waals surface area contributed by atoms with Gasteiger partial charge in [0.25, 0.3) is 11.7 Å². The van der Waals surface area contributed by atoms with Crippen LogP contribution in [0.5, 0.6) is 0 Å². The summed E-state index contributed by atoms with van der Waals surface area (Å²) in [5, 5.41) is 7.11. The molecule has 0 aliphatic carbocycles. The molecule has 0 radical (unpaired) electrons. The fourth-order valence-electron chi connectivity index (χ4n) is 4.38. The minimum Gasteiger partial charge on any atom is -0.326 e. The number of aryl methyl sites for hydroxylation is 2. The Hall–Kier alpha value is -4.07. The van der Waals surface area contributed by atoms with Crippen LogP contribution in [0.25, 0.3) is 5.78 Å². The zero-order chi connectivity index (χ0) is 22.9. The Kier molecular flexibility index (Phi) is 5.34. The van der Waals surface area contributed by atoms with Crippen molar-refractivity contribution in [3.05, 3.63) is 82.9 Å². The van der Waals surface area contributed by atoms with E-state index in [4.69, 9.17) is 0 Å². The molecule has 1 aliphatic heterocycles. The number of benzene rings is 2. The SMILES string of the molecule is Cc1nc2ncnn2c(C)c1CCC(=O)Nc1ccc(C(=O)N2CCc3ccccc32)cc1. The quantitative estimate of drug-likeness (QED) is 0.513. The first-order chi connectivity index (χ1) is 16.0. The summed E-state index contributed by atoms with van der Waals surface area (Å²) in [7, 11) is 0. The highest BCUT2D eigenvalue weighted by Crippen LogP contribution is 2.29. The van der Waals surface area contributed by atoms with Gasteiger partial charge in [0.1, 0.15) is 6.33 Å². The molecular weight excluding hydrogens is 416 g/mol. The number of nitrogens with zero attached hydrogens (tertiary/aromatic N) is 5. The summed E-state index contributed by atoms with van der Waals surface area (Å²) in [6.07, 6.45) is 3.21. The van der Waals surface area contributed by atoms with Crippen LogP contribution in [0.3, 0.4) is 0 Å². The van der Waals surface area contributed by atoms with Crippen LogP contribution >= 0.6 is 0 Å². The van der Waals surface area contributed by atoms with Gasteiger partial charge in [-0.1, -0.05) is 18.2 Å². The lowest BCUT2D eigenvalue weighted by atomic mass is 10.1. The third-order valence-corrected chi connectivity index (χ3v) is 6.14. The first kappa shape index (κ1) is 20.8. The lowest BCUT2D eigenvalue weighted by molar-refractivity contribution is -0.116. The maximum absolute atomic E-state index is 13.0. The normalized spacial score (nSPS) is 12.7. The van der Waals surface area contributed by atoms with Gasteiger partial charge in [0, 0.05) is 41.3 Å². The number of rotatable bonds is 5. The molecule has 0 saturated heterocycles. The molecule has 8 nitrogen and oxygen atoms in total. The fourth-order valence-corrected chi connectivity index (χ4v) is 4.38. The maximum atomic E-state index is 13.0. The molecule has 2 aromatic carbocycles. The van der Waals surface area contributed by atoms with Gasteiger partial charge in [-0.2, -0.15) is 10.1 Å². The number of aromatic nitrogens is 4. The van der Waals surface area contributed by atoms with Crippen molar-refractivity contribution >= 4 is 29.0 Å². The van der Waals surface area contributed by atoms with Crippen LogP contribution in [0.2, 0.25) is 0 Å². The third-order valence-electron chi connectivity index (χ3n) is 6.14. The van der Waals surface area contributed by atoms with Gasteiger partial charge in [-0.15, -0.1) is 0 Å². The molecule has 8 heteroatoms. The predicted molar refractivity (Wildman–Crippen MR) is 125 cm³/mol. The molecule has 0 bridgehead atoms. The largest absolute Gasteiger partial charge is 0.326 e. The standard InChI is InChI=1S/C25H24N6O2/c1-16-21(17(2)31-25(28-16)26-15-27-31)11-12-23(32)29-20-9-7-19(8-10-20)24(33)30-14-13-18-5-3-4-6-22(18)30/h3-10,15H,11-14H2,1-2H3,(H,29,32). The number of hydrogen-bond donors (Lipinski definition) is 1. The molecular formula is C25H24N6O2. The van der Waals surface area contributed by atoms with Crippen molar-refractivity contribution in [1.82, 2.24) is 19.6 Å². The topological polar surface area (TPSA) is 92.5 Å². The van der Waals surface area contributed by atoms with E-state index < -0.39 is 0 Å². The smallest absolute Gasteiger partial charge is 0.258 e. The van der Waals surface area contributed by atoms with E-state index in [9.17, 15) is 9.59 Å². The Labute approximate surface area is 191 Å². The number of amides is 2. The number of nitrogens with one attached hydrogen (secondary N) is 1. The van der Waals surface area contributed by atoms with Crippen molar-refractivity contribution in [2.45, 2.75) is 33.1 Å². The van der Waals surface area contributed by atoms with Crippen molar-refractivity contribution in [2.75, 3.05) is 16.8 Å². The molecule has 0 spiro atoms. The van der Waals surface area contributed by atoms with Crippen molar-refractivity contribution in [1.29, 1.82) is 0 Å². The molecule has 33 heavy (non-hydrogen) atoms. The van der Waals surface area contributed by atoms with E-state index in [1.165, 1.54) is 11.9 Å². The molecule has 1 N–H and O–H groups in total. The van der Waals surface area contributed by atoms with E-state index in [0.717, 1.165) is 29.1 Å². The van der Waals surface area contributed by atoms with E-state index in [2.05, 4.69) is 26.4 Å². The highest BCUT2D eigenvalue weighted by atomic mass is 16.2. The molecule has 0 unspecified atom stereocenters. The van der Waals surface area contributed by atoms with E-state index in [1.54, 1.807) is 28.8 Å². The summed E-state index contributed by atoms with van der Waals surface area (Å²) in [5.74, 6) is 0.435. The third kappa shape index (κ3) is 3.95. The van der Waals surface area contributed by atoms with Crippen molar-refractivity contribution in [3.8, 4) is 0 Å². The Morgan fingerprint density at radius 3 is 2.67 bits per heavy atom. The van der Waals surface area contributed by atoms with Crippen molar-refractivity contribution in [3.63, 3.8) is 0 Å². The molecule has 166 valence electrons. The molecule has 4 aromatic rings. The Morgan fingerprint density at radius 2 is 1.85 bits per heavy atom. The molecule has 0 atom stereocenters. The van der Waals surface area contributed by atoms with Gasteiger partial charge >= 0.3 is 0 Å². The second-order valence-corrected chi connectivity index (χ2v) is 8.19. The molecule has 0 saturated carbocycles. The summed E-state index contributed by atoms with van der Waals surface area (Å²) in [6, 6.07) is 15.0. The van der Waals surface area contributed by atoms with Crippen molar-refractivity contribution in [2.24, 2.45) is 0 Å². The average molecular weight is 441 g/mol. The van der Waals surface area contributed by atoms with Gasteiger partial charge < -0.3 is 10.2 Å². The van der Waals surface area contributed by atoms with Crippen LogP contribution in [0, 0.1) is 13.8 Å². The first-order valence-corrected chi connectivity index (χ1v) is 11.0. The number of para-hydroxylation sites is 1. The lowest BCUT2D eigenvalue weighted by Gasteiger charge is -2.17.